The highest BCUT2D eigenvalue weighted by molar-refractivity contribution is 5.85. The molecule has 0 aliphatic heterocycles. The van der Waals surface area contributed by atoms with E-state index in [0.29, 0.717) is 5.78 Å². The zero-order valence-corrected chi connectivity index (χ0v) is 9.70. The zero-order chi connectivity index (χ0) is 11.1. The van der Waals surface area contributed by atoms with E-state index in [4.69, 9.17) is 0 Å². The molecular weight excluding hydrogens is 184 g/mol. The minimum absolute atomic E-state index is 0.109. The van der Waals surface area contributed by atoms with Crippen molar-refractivity contribution in [3.05, 3.63) is 35.9 Å². The average Bonchev–Trinajstić information content (AvgIpc) is 2.29. The number of unbranched alkanes of at least 4 members (excludes halogenated alkanes) is 1. The molecule has 1 nitrogen and oxygen atoms in total. The fraction of sp³-hybridized carbons (Fsp3) is 0.500. The minimum Gasteiger partial charge on any atom is -0.299 e. The molecule has 1 aromatic carbocycles. The predicted molar refractivity (Wildman–Crippen MR) is 64.0 cm³/mol. The lowest BCUT2D eigenvalue weighted by atomic mass is 9.90. The summed E-state index contributed by atoms with van der Waals surface area (Å²) in [5.74, 6) is 0.503. The van der Waals surface area contributed by atoms with Gasteiger partial charge in [-0.1, -0.05) is 50.6 Å². The third-order valence-electron chi connectivity index (χ3n) is 2.78. The largest absolute Gasteiger partial charge is 0.299 e. The summed E-state index contributed by atoms with van der Waals surface area (Å²) in [6.45, 7) is 4.21. The van der Waals surface area contributed by atoms with E-state index in [1.807, 2.05) is 18.2 Å². The lowest BCUT2D eigenvalue weighted by molar-refractivity contribution is -0.120. The second kappa shape index (κ2) is 6.39. The molecule has 0 saturated heterocycles. The summed E-state index contributed by atoms with van der Waals surface area (Å²) in [4.78, 5) is 11.9. The molecule has 1 unspecified atom stereocenters. The van der Waals surface area contributed by atoms with Gasteiger partial charge in [-0.2, -0.15) is 0 Å². The summed E-state index contributed by atoms with van der Waals surface area (Å²) in [6.07, 6.45) is 3.75. The predicted octanol–water partition coefficient (Wildman–Crippen LogP) is 3.94. The first kappa shape index (κ1) is 12.0. The van der Waals surface area contributed by atoms with Gasteiger partial charge in [0, 0.05) is 12.3 Å². The van der Waals surface area contributed by atoms with Crippen LogP contribution in [0.15, 0.2) is 30.3 Å². The molecule has 1 heteroatoms. The standard InChI is InChI=1S/C14H20O/c1-3-5-11-14(15)13(4-2)12-9-7-6-8-10-12/h6-10,13H,3-5,11H2,1-2H3. The molecule has 1 atom stereocenters. The van der Waals surface area contributed by atoms with Crippen molar-refractivity contribution in [3.63, 3.8) is 0 Å². The number of ketones is 1. The Kier molecular flexibility index (Phi) is 5.09. The van der Waals surface area contributed by atoms with Crippen LogP contribution in [0, 0.1) is 0 Å². The van der Waals surface area contributed by atoms with Gasteiger partial charge in [-0.15, -0.1) is 0 Å². The monoisotopic (exact) mass is 204 g/mol. The Morgan fingerprint density at radius 3 is 2.40 bits per heavy atom. The fourth-order valence-corrected chi connectivity index (χ4v) is 1.86. The lowest BCUT2D eigenvalue weighted by Gasteiger charge is -2.13. The molecular formula is C14H20O. The first-order valence-electron chi connectivity index (χ1n) is 5.87. The van der Waals surface area contributed by atoms with Gasteiger partial charge >= 0.3 is 0 Å². The Balaban J connectivity index is 2.67. The van der Waals surface area contributed by atoms with Gasteiger partial charge in [0.15, 0.2) is 0 Å². The van der Waals surface area contributed by atoms with Crippen LogP contribution in [-0.4, -0.2) is 5.78 Å². The average molecular weight is 204 g/mol. The van der Waals surface area contributed by atoms with Crippen LogP contribution in [0.1, 0.15) is 51.0 Å². The maximum Gasteiger partial charge on any atom is 0.140 e. The number of carbonyl (C=O) groups is 1. The number of hydrogen-bond acceptors (Lipinski definition) is 1. The minimum atomic E-state index is 0.109. The van der Waals surface area contributed by atoms with Crippen LogP contribution >= 0.6 is 0 Å². The van der Waals surface area contributed by atoms with Gasteiger partial charge in [0.1, 0.15) is 5.78 Å². The summed E-state index contributed by atoms with van der Waals surface area (Å²) in [7, 11) is 0. The van der Waals surface area contributed by atoms with Crippen molar-refractivity contribution in [2.75, 3.05) is 0 Å². The SMILES string of the molecule is CCCCC(=O)C(CC)c1ccccc1. The summed E-state index contributed by atoms with van der Waals surface area (Å²) >= 11 is 0. The molecule has 0 bridgehead atoms. The quantitative estimate of drug-likeness (QED) is 0.686. The Hall–Kier alpha value is -1.11. The highest BCUT2D eigenvalue weighted by atomic mass is 16.1. The lowest BCUT2D eigenvalue weighted by Crippen LogP contribution is -2.11. The van der Waals surface area contributed by atoms with E-state index >= 15 is 0 Å². The first-order chi connectivity index (χ1) is 7.29. The topological polar surface area (TPSA) is 17.1 Å². The first-order valence-corrected chi connectivity index (χ1v) is 5.87. The summed E-state index contributed by atoms with van der Waals surface area (Å²) in [5, 5.41) is 0. The van der Waals surface area contributed by atoms with E-state index in [1.54, 1.807) is 0 Å². The van der Waals surface area contributed by atoms with E-state index < -0.39 is 0 Å². The second-order valence-corrected chi connectivity index (χ2v) is 3.94. The van der Waals surface area contributed by atoms with Crippen molar-refractivity contribution >= 4 is 5.78 Å². The van der Waals surface area contributed by atoms with Crippen LogP contribution in [-0.2, 0) is 4.79 Å². The number of carbonyl (C=O) groups excluding carboxylic acids is 1. The number of Topliss-reactive ketones (excluding diaryl/α,β-unsaturated/α-hetero) is 1. The van der Waals surface area contributed by atoms with Crippen LogP contribution in [0.5, 0.6) is 0 Å². The molecule has 0 saturated carbocycles. The van der Waals surface area contributed by atoms with Gasteiger partial charge in [0.25, 0.3) is 0 Å². The van der Waals surface area contributed by atoms with Gasteiger partial charge < -0.3 is 0 Å². The molecule has 0 heterocycles. The third-order valence-corrected chi connectivity index (χ3v) is 2.78. The van der Waals surface area contributed by atoms with Crippen molar-refractivity contribution in [2.45, 2.75) is 45.4 Å². The summed E-state index contributed by atoms with van der Waals surface area (Å²) in [6, 6.07) is 10.1. The molecule has 0 aromatic heterocycles. The zero-order valence-electron chi connectivity index (χ0n) is 9.70. The van der Waals surface area contributed by atoms with Crippen molar-refractivity contribution < 1.29 is 4.79 Å². The molecule has 15 heavy (non-hydrogen) atoms. The molecule has 0 N–H and O–H groups in total. The fourth-order valence-electron chi connectivity index (χ4n) is 1.86. The molecule has 1 rings (SSSR count). The second-order valence-electron chi connectivity index (χ2n) is 3.94. The van der Waals surface area contributed by atoms with Crippen molar-refractivity contribution in [1.29, 1.82) is 0 Å². The van der Waals surface area contributed by atoms with Gasteiger partial charge in [-0.3, -0.25) is 4.79 Å². The smallest absolute Gasteiger partial charge is 0.140 e. The Labute approximate surface area is 92.5 Å². The van der Waals surface area contributed by atoms with Crippen molar-refractivity contribution in [2.24, 2.45) is 0 Å². The molecule has 0 aliphatic rings. The van der Waals surface area contributed by atoms with Gasteiger partial charge in [-0.05, 0) is 18.4 Å². The number of rotatable bonds is 6. The Morgan fingerprint density at radius 2 is 1.87 bits per heavy atom. The Bertz CT molecular complexity index is 289. The third kappa shape index (κ3) is 3.50. The van der Waals surface area contributed by atoms with E-state index in [2.05, 4.69) is 26.0 Å². The summed E-state index contributed by atoms with van der Waals surface area (Å²) < 4.78 is 0. The van der Waals surface area contributed by atoms with E-state index in [0.717, 1.165) is 25.7 Å². The van der Waals surface area contributed by atoms with E-state index in [9.17, 15) is 4.79 Å². The molecule has 1 aromatic rings. The highest BCUT2D eigenvalue weighted by Crippen LogP contribution is 2.22. The number of benzene rings is 1. The highest BCUT2D eigenvalue weighted by Gasteiger charge is 2.16. The maximum absolute atomic E-state index is 11.9. The van der Waals surface area contributed by atoms with Crippen molar-refractivity contribution in [1.82, 2.24) is 0 Å². The van der Waals surface area contributed by atoms with Gasteiger partial charge in [0.05, 0.1) is 0 Å². The van der Waals surface area contributed by atoms with Crippen molar-refractivity contribution in [3.8, 4) is 0 Å². The van der Waals surface area contributed by atoms with Crippen LogP contribution in [0.4, 0.5) is 0 Å². The van der Waals surface area contributed by atoms with E-state index in [1.165, 1.54) is 5.56 Å². The normalized spacial score (nSPS) is 12.4. The van der Waals surface area contributed by atoms with Crippen LogP contribution in [0.25, 0.3) is 0 Å². The Morgan fingerprint density at radius 1 is 1.20 bits per heavy atom. The van der Waals surface area contributed by atoms with Crippen LogP contribution in [0.2, 0.25) is 0 Å². The van der Waals surface area contributed by atoms with Gasteiger partial charge in [-0.25, -0.2) is 0 Å². The molecule has 0 aliphatic carbocycles. The van der Waals surface area contributed by atoms with E-state index in [-0.39, 0.29) is 5.92 Å². The number of hydrogen-bond donors (Lipinski definition) is 0. The molecule has 0 spiro atoms. The van der Waals surface area contributed by atoms with Crippen LogP contribution in [0.3, 0.4) is 0 Å². The summed E-state index contributed by atoms with van der Waals surface area (Å²) in [5.41, 5.74) is 1.17. The maximum atomic E-state index is 11.9. The molecule has 0 amide bonds. The van der Waals surface area contributed by atoms with Crippen LogP contribution < -0.4 is 0 Å². The van der Waals surface area contributed by atoms with Gasteiger partial charge in [0.2, 0.25) is 0 Å². The molecule has 0 radical (unpaired) electrons. The molecule has 82 valence electrons. The molecule has 0 fully saturated rings.